The first-order valence-electron chi connectivity index (χ1n) is 11.0. The summed E-state index contributed by atoms with van der Waals surface area (Å²) >= 11 is 0. The Morgan fingerprint density at radius 1 is 1.10 bits per heavy atom. The molecule has 31 heavy (non-hydrogen) atoms. The Morgan fingerprint density at radius 3 is 2.61 bits per heavy atom. The van der Waals surface area contributed by atoms with E-state index >= 15 is 0 Å². The van der Waals surface area contributed by atoms with E-state index in [1.165, 1.54) is 17.5 Å². The van der Waals surface area contributed by atoms with Crippen molar-refractivity contribution in [3.05, 3.63) is 66.2 Å². The fourth-order valence-corrected chi connectivity index (χ4v) is 4.75. The second-order valence-corrected chi connectivity index (χ2v) is 9.13. The van der Waals surface area contributed by atoms with Crippen LogP contribution >= 0.6 is 0 Å². The van der Waals surface area contributed by atoms with Gasteiger partial charge in [-0.05, 0) is 68.5 Å². The highest BCUT2D eigenvalue weighted by molar-refractivity contribution is 5.99. The molecule has 1 amide bonds. The normalized spacial score (nSPS) is 22.6. The molecule has 3 aromatic rings. The van der Waals surface area contributed by atoms with E-state index in [0.717, 1.165) is 35.5 Å². The van der Waals surface area contributed by atoms with Crippen LogP contribution in [-0.4, -0.2) is 49.6 Å². The van der Waals surface area contributed by atoms with Crippen LogP contribution < -0.4 is 15.0 Å². The van der Waals surface area contributed by atoms with Gasteiger partial charge in [0.15, 0.2) is 5.60 Å². The van der Waals surface area contributed by atoms with Crippen molar-refractivity contribution < 1.29 is 9.53 Å². The first-order chi connectivity index (χ1) is 14.9. The summed E-state index contributed by atoms with van der Waals surface area (Å²) < 4.78 is 6.15. The maximum absolute atomic E-state index is 13.1. The highest BCUT2D eigenvalue weighted by atomic mass is 16.5. The van der Waals surface area contributed by atoms with Gasteiger partial charge in [-0.1, -0.05) is 30.3 Å². The van der Waals surface area contributed by atoms with Crippen LogP contribution in [0.1, 0.15) is 18.9 Å². The minimum atomic E-state index is -0.918. The van der Waals surface area contributed by atoms with Gasteiger partial charge in [0, 0.05) is 42.5 Å². The summed E-state index contributed by atoms with van der Waals surface area (Å²) in [6, 6.07) is 21.0. The molecule has 3 aromatic carbocycles. The fourth-order valence-electron chi connectivity index (χ4n) is 4.75. The third-order valence-electron chi connectivity index (χ3n) is 6.71. The Hall–Kier alpha value is -3.05. The molecule has 0 radical (unpaired) electrons. The largest absolute Gasteiger partial charge is 0.477 e. The molecule has 5 nitrogen and oxygen atoms in total. The van der Waals surface area contributed by atoms with Crippen LogP contribution in [0.3, 0.4) is 0 Å². The lowest BCUT2D eigenvalue weighted by Crippen LogP contribution is -2.44. The number of benzene rings is 3. The van der Waals surface area contributed by atoms with Crippen molar-refractivity contribution in [3.63, 3.8) is 0 Å². The number of nitrogens with one attached hydrogen (secondary N) is 1. The molecule has 2 atom stereocenters. The van der Waals surface area contributed by atoms with Crippen LogP contribution in [0.5, 0.6) is 5.75 Å². The number of fused-ring (bicyclic) bond motifs is 3. The van der Waals surface area contributed by atoms with Gasteiger partial charge in [0.1, 0.15) is 5.75 Å². The molecular weight excluding hydrogens is 386 g/mol. The molecule has 1 saturated heterocycles. The van der Waals surface area contributed by atoms with Crippen LogP contribution in [0.25, 0.3) is 10.8 Å². The molecular formula is C26H29N3O2. The molecule has 0 saturated carbocycles. The van der Waals surface area contributed by atoms with Crippen LogP contribution in [0.15, 0.2) is 60.7 Å². The molecule has 0 aliphatic carbocycles. The van der Waals surface area contributed by atoms with Gasteiger partial charge < -0.3 is 19.9 Å². The van der Waals surface area contributed by atoms with Gasteiger partial charge in [0.25, 0.3) is 5.91 Å². The maximum atomic E-state index is 13.1. The third kappa shape index (κ3) is 3.63. The number of nitrogens with zero attached hydrogens (tertiary/aromatic N) is 2. The molecule has 0 aromatic heterocycles. The first kappa shape index (κ1) is 19.9. The standard InChI is InChI=1S/C26H29N3O2/c1-26(16-23-22-7-5-4-6-18(22)8-13-24(23)31-26)25(30)27-19-9-11-20(12-10-19)29-15-14-21(17-29)28(2)3/h4-13,21H,14-17H2,1-3H3,(H,27,30). The number of hydrogen-bond acceptors (Lipinski definition) is 4. The summed E-state index contributed by atoms with van der Waals surface area (Å²) in [7, 11) is 4.28. The lowest BCUT2D eigenvalue weighted by molar-refractivity contribution is -0.128. The third-order valence-corrected chi connectivity index (χ3v) is 6.71. The van der Waals surface area contributed by atoms with Gasteiger partial charge in [-0.3, -0.25) is 4.79 Å². The molecule has 0 bridgehead atoms. The molecule has 5 heteroatoms. The molecule has 2 aliphatic heterocycles. The first-order valence-corrected chi connectivity index (χ1v) is 11.0. The minimum absolute atomic E-state index is 0.116. The summed E-state index contributed by atoms with van der Waals surface area (Å²) in [5.74, 6) is 0.686. The van der Waals surface area contributed by atoms with Crippen molar-refractivity contribution in [2.45, 2.75) is 31.4 Å². The van der Waals surface area contributed by atoms with Crippen molar-refractivity contribution in [2.24, 2.45) is 0 Å². The van der Waals surface area contributed by atoms with Crippen LogP contribution in [0, 0.1) is 0 Å². The van der Waals surface area contributed by atoms with E-state index in [2.05, 4.69) is 59.5 Å². The zero-order valence-electron chi connectivity index (χ0n) is 18.4. The smallest absolute Gasteiger partial charge is 0.268 e. The molecule has 160 valence electrons. The molecule has 5 rings (SSSR count). The van der Waals surface area contributed by atoms with Crippen molar-refractivity contribution >= 4 is 28.1 Å². The summed E-state index contributed by atoms with van der Waals surface area (Å²) in [4.78, 5) is 17.8. The summed E-state index contributed by atoms with van der Waals surface area (Å²) in [6.45, 7) is 3.97. The highest BCUT2D eigenvalue weighted by Crippen LogP contribution is 2.40. The van der Waals surface area contributed by atoms with E-state index in [-0.39, 0.29) is 5.91 Å². The Kier molecular flexibility index (Phi) is 4.86. The van der Waals surface area contributed by atoms with Crippen molar-refractivity contribution in [1.82, 2.24) is 4.90 Å². The monoisotopic (exact) mass is 415 g/mol. The van der Waals surface area contributed by atoms with E-state index in [4.69, 9.17) is 4.74 Å². The molecule has 1 fully saturated rings. The number of carbonyl (C=O) groups is 1. The second kappa shape index (κ2) is 7.57. The van der Waals surface area contributed by atoms with E-state index < -0.39 is 5.60 Å². The summed E-state index contributed by atoms with van der Waals surface area (Å²) in [5.41, 5.74) is 2.18. The maximum Gasteiger partial charge on any atom is 0.268 e. The molecule has 2 heterocycles. The number of likely N-dealkylation sites (N-methyl/N-ethyl adjacent to an activating group) is 1. The van der Waals surface area contributed by atoms with Gasteiger partial charge in [0.2, 0.25) is 0 Å². The SMILES string of the molecule is CN(C)C1CCN(c2ccc(NC(=O)C3(C)Cc4c(ccc5ccccc45)O3)cc2)C1. The number of hydrogen-bond donors (Lipinski definition) is 1. The highest BCUT2D eigenvalue weighted by Gasteiger charge is 2.42. The number of rotatable bonds is 4. The zero-order chi connectivity index (χ0) is 21.6. The average molecular weight is 416 g/mol. The topological polar surface area (TPSA) is 44.8 Å². The molecule has 1 N–H and O–H groups in total. The van der Waals surface area contributed by atoms with E-state index in [1.54, 1.807) is 0 Å². The van der Waals surface area contributed by atoms with Gasteiger partial charge in [0.05, 0.1) is 0 Å². The van der Waals surface area contributed by atoms with Crippen LogP contribution in [0.4, 0.5) is 11.4 Å². The van der Waals surface area contributed by atoms with Gasteiger partial charge >= 0.3 is 0 Å². The minimum Gasteiger partial charge on any atom is -0.477 e. The second-order valence-electron chi connectivity index (χ2n) is 9.13. The summed E-state index contributed by atoms with van der Waals surface area (Å²) in [6.07, 6.45) is 1.74. The number of anilines is 2. The van der Waals surface area contributed by atoms with Crippen molar-refractivity contribution in [1.29, 1.82) is 0 Å². The number of carbonyl (C=O) groups excluding carboxylic acids is 1. The predicted octanol–water partition coefficient (Wildman–Crippen LogP) is 4.31. The lowest BCUT2D eigenvalue weighted by Gasteiger charge is -2.24. The van der Waals surface area contributed by atoms with Gasteiger partial charge in [-0.2, -0.15) is 0 Å². The van der Waals surface area contributed by atoms with Gasteiger partial charge in [-0.25, -0.2) is 0 Å². The number of amides is 1. The average Bonchev–Trinajstić information content (AvgIpc) is 3.40. The Balaban J connectivity index is 1.28. The predicted molar refractivity (Wildman–Crippen MR) is 126 cm³/mol. The van der Waals surface area contributed by atoms with E-state index in [1.807, 2.05) is 37.3 Å². The molecule has 2 unspecified atom stereocenters. The van der Waals surface area contributed by atoms with E-state index in [0.29, 0.717) is 12.5 Å². The quantitative estimate of drug-likeness (QED) is 0.690. The molecule has 0 spiro atoms. The Bertz CT molecular complexity index is 1130. The van der Waals surface area contributed by atoms with E-state index in [9.17, 15) is 4.79 Å². The van der Waals surface area contributed by atoms with Gasteiger partial charge in [-0.15, -0.1) is 0 Å². The molecule has 2 aliphatic rings. The lowest BCUT2D eigenvalue weighted by atomic mass is 9.94. The van der Waals surface area contributed by atoms with Crippen LogP contribution in [-0.2, 0) is 11.2 Å². The zero-order valence-corrected chi connectivity index (χ0v) is 18.4. The number of ether oxygens (including phenoxy) is 1. The van der Waals surface area contributed by atoms with Crippen molar-refractivity contribution in [3.8, 4) is 5.75 Å². The Labute approximate surface area is 183 Å². The Morgan fingerprint density at radius 2 is 1.87 bits per heavy atom. The fraction of sp³-hybridized carbons (Fsp3) is 0.346. The van der Waals surface area contributed by atoms with Crippen molar-refractivity contribution in [2.75, 3.05) is 37.4 Å². The summed E-state index contributed by atoms with van der Waals surface area (Å²) in [5, 5.41) is 5.39. The van der Waals surface area contributed by atoms with Crippen LogP contribution in [0.2, 0.25) is 0 Å².